The van der Waals surface area contributed by atoms with Crippen molar-refractivity contribution in [3.8, 4) is 0 Å². The van der Waals surface area contributed by atoms with Crippen LogP contribution in [0.25, 0.3) is 0 Å². The molecule has 130 valence electrons. The molecule has 1 atom stereocenters. The summed E-state index contributed by atoms with van der Waals surface area (Å²) in [5, 5.41) is 3.85. The molecule has 0 bridgehead atoms. The molecule has 1 N–H and O–H groups in total. The molecule has 1 fully saturated rings. The lowest BCUT2D eigenvalue weighted by molar-refractivity contribution is -0.122. The lowest BCUT2D eigenvalue weighted by Gasteiger charge is -2.18. The van der Waals surface area contributed by atoms with E-state index < -0.39 is 5.92 Å². The molecule has 8 heteroatoms. The fourth-order valence-corrected chi connectivity index (χ4v) is 3.76. The maximum absolute atomic E-state index is 12.5. The molecule has 1 heterocycles. The number of benzene rings is 2. The number of hydrogen-bond acceptors (Lipinski definition) is 2. The van der Waals surface area contributed by atoms with Gasteiger partial charge in [0.1, 0.15) is 0 Å². The van der Waals surface area contributed by atoms with E-state index in [4.69, 9.17) is 34.8 Å². The minimum atomic E-state index is -0.498. The van der Waals surface area contributed by atoms with Crippen LogP contribution in [-0.2, 0) is 9.59 Å². The number of rotatable bonds is 3. The van der Waals surface area contributed by atoms with Crippen molar-refractivity contribution in [2.45, 2.75) is 6.42 Å². The minimum Gasteiger partial charge on any atom is -0.324 e. The minimum absolute atomic E-state index is 0.100. The van der Waals surface area contributed by atoms with Crippen LogP contribution in [0.15, 0.2) is 40.9 Å². The fourth-order valence-electron chi connectivity index (χ4n) is 2.64. The molecule has 0 radical (unpaired) electrons. The molecule has 0 aliphatic carbocycles. The van der Waals surface area contributed by atoms with Crippen LogP contribution in [0.2, 0.25) is 15.1 Å². The van der Waals surface area contributed by atoms with Crippen LogP contribution in [0.4, 0.5) is 11.4 Å². The van der Waals surface area contributed by atoms with Crippen molar-refractivity contribution in [3.05, 3.63) is 55.9 Å². The second-order valence-electron chi connectivity index (χ2n) is 5.59. The van der Waals surface area contributed by atoms with Gasteiger partial charge in [-0.3, -0.25) is 9.59 Å². The van der Waals surface area contributed by atoms with Gasteiger partial charge in [-0.1, -0.05) is 56.8 Å². The molecule has 3 rings (SSSR count). The van der Waals surface area contributed by atoms with Crippen LogP contribution in [-0.4, -0.2) is 18.4 Å². The summed E-state index contributed by atoms with van der Waals surface area (Å²) in [7, 11) is 0. The van der Waals surface area contributed by atoms with E-state index in [1.54, 1.807) is 36.4 Å². The van der Waals surface area contributed by atoms with Gasteiger partial charge in [0.2, 0.25) is 11.8 Å². The predicted molar refractivity (Wildman–Crippen MR) is 105 cm³/mol. The Labute approximate surface area is 168 Å². The molecule has 1 aliphatic heterocycles. The van der Waals surface area contributed by atoms with Crippen molar-refractivity contribution in [3.63, 3.8) is 0 Å². The summed E-state index contributed by atoms with van der Waals surface area (Å²) >= 11 is 21.6. The number of nitrogens with zero attached hydrogens (tertiary/aromatic N) is 1. The van der Waals surface area contributed by atoms with Gasteiger partial charge in [0.05, 0.1) is 32.4 Å². The zero-order chi connectivity index (χ0) is 18.1. The molecule has 0 unspecified atom stereocenters. The van der Waals surface area contributed by atoms with Crippen LogP contribution in [0.3, 0.4) is 0 Å². The number of carbonyl (C=O) groups excluding carboxylic acids is 2. The molecule has 1 aliphatic rings. The van der Waals surface area contributed by atoms with Crippen molar-refractivity contribution in [2.75, 3.05) is 16.8 Å². The van der Waals surface area contributed by atoms with Crippen LogP contribution < -0.4 is 10.2 Å². The summed E-state index contributed by atoms with van der Waals surface area (Å²) in [6.07, 6.45) is 0.100. The lowest BCUT2D eigenvalue weighted by Crippen LogP contribution is -2.28. The maximum Gasteiger partial charge on any atom is 0.229 e. The number of nitrogens with one attached hydrogen (secondary N) is 1. The number of amides is 2. The first-order chi connectivity index (χ1) is 11.9. The molecular formula is C17H12BrCl3N2O2. The highest BCUT2D eigenvalue weighted by Crippen LogP contribution is 2.36. The average Bonchev–Trinajstić information content (AvgIpc) is 2.94. The van der Waals surface area contributed by atoms with E-state index in [-0.39, 0.29) is 24.8 Å². The Morgan fingerprint density at radius 2 is 1.92 bits per heavy atom. The predicted octanol–water partition coefficient (Wildman–Crippen LogP) is 5.40. The van der Waals surface area contributed by atoms with Gasteiger partial charge in [0.15, 0.2) is 0 Å². The smallest absolute Gasteiger partial charge is 0.229 e. The monoisotopic (exact) mass is 460 g/mol. The van der Waals surface area contributed by atoms with Crippen molar-refractivity contribution in [1.82, 2.24) is 0 Å². The maximum atomic E-state index is 12.5. The SMILES string of the molecule is O=C(Nc1ccc(Br)cc1Cl)[C@@H]1CC(=O)N(c2cccc(Cl)c2Cl)C1. The highest BCUT2D eigenvalue weighted by atomic mass is 79.9. The van der Waals surface area contributed by atoms with E-state index in [9.17, 15) is 9.59 Å². The summed E-state index contributed by atoms with van der Waals surface area (Å²) in [6, 6.07) is 10.2. The van der Waals surface area contributed by atoms with Crippen molar-refractivity contribution < 1.29 is 9.59 Å². The first kappa shape index (κ1) is 18.5. The number of hydrogen-bond donors (Lipinski definition) is 1. The van der Waals surface area contributed by atoms with Crippen molar-refractivity contribution in [2.24, 2.45) is 5.92 Å². The van der Waals surface area contributed by atoms with E-state index in [0.29, 0.717) is 26.4 Å². The number of halogens is 4. The van der Waals surface area contributed by atoms with Crippen LogP contribution in [0, 0.1) is 5.92 Å². The van der Waals surface area contributed by atoms with Gasteiger partial charge in [-0.25, -0.2) is 0 Å². The van der Waals surface area contributed by atoms with Gasteiger partial charge in [0.25, 0.3) is 0 Å². The van der Waals surface area contributed by atoms with Gasteiger partial charge in [-0.05, 0) is 30.3 Å². The Hall–Kier alpha value is -1.27. The highest BCUT2D eigenvalue weighted by Gasteiger charge is 2.36. The van der Waals surface area contributed by atoms with Gasteiger partial charge in [-0.2, -0.15) is 0 Å². The van der Waals surface area contributed by atoms with Crippen LogP contribution in [0.5, 0.6) is 0 Å². The average molecular weight is 463 g/mol. The molecule has 25 heavy (non-hydrogen) atoms. The van der Waals surface area contributed by atoms with Gasteiger partial charge in [-0.15, -0.1) is 0 Å². The Morgan fingerprint density at radius 3 is 2.64 bits per heavy atom. The van der Waals surface area contributed by atoms with E-state index in [1.807, 2.05) is 0 Å². The van der Waals surface area contributed by atoms with Crippen LogP contribution in [0.1, 0.15) is 6.42 Å². The summed E-state index contributed by atoms with van der Waals surface area (Å²) in [5.74, 6) is -0.938. The highest BCUT2D eigenvalue weighted by molar-refractivity contribution is 9.10. The first-order valence-corrected chi connectivity index (χ1v) is 9.30. The second-order valence-corrected chi connectivity index (χ2v) is 7.70. The standard InChI is InChI=1S/C17H12BrCl3N2O2/c18-10-4-5-13(12(20)7-10)22-17(25)9-6-15(24)23(8-9)14-3-1-2-11(19)16(14)21/h1-5,7,9H,6,8H2,(H,22,25)/t9-/m1/s1. The fraction of sp³-hybridized carbons (Fsp3) is 0.176. The molecule has 2 amide bonds. The molecule has 0 saturated carbocycles. The molecule has 4 nitrogen and oxygen atoms in total. The third-order valence-electron chi connectivity index (χ3n) is 3.91. The largest absolute Gasteiger partial charge is 0.324 e. The molecule has 2 aromatic carbocycles. The third-order valence-corrected chi connectivity index (χ3v) is 5.52. The van der Waals surface area contributed by atoms with Gasteiger partial charge in [0, 0.05) is 17.4 Å². The van der Waals surface area contributed by atoms with Gasteiger partial charge >= 0.3 is 0 Å². The molecule has 1 saturated heterocycles. The third kappa shape index (κ3) is 3.95. The van der Waals surface area contributed by atoms with Crippen LogP contribution >= 0.6 is 50.7 Å². The summed E-state index contributed by atoms with van der Waals surface area (Å²) in [5.41, 5.74) is 1.01. The Kier molecular flexibility index (Phi) is 5.58. The second kappa shape index (κ2) is 7.54. The topological polar surface area (TPSA) is 49.4 Å². The number of carbonyl (C=O) groups is 2. The molecule has 0 spiro atoms. The molecule has 2 aromatic rings. The molecular weight excluding hydrogens is 450 g/mol. The Morgan fingerprint density at radius 1 is 1.16 bits per heavy atom. The summed E-state index contributed by atoms with van der Waals surface area (Å²) in [6.45, 7) is 0.235. The number of anilines is 2. The zero-order valence-corrected chi connectivity index (χ0v) is 16.6. The molecule has 0 aromatic heterocycles. The van der Waals surface area contributed by atoms with E-state index in [1.165, 1.54) is 4.90 Å². The normalized spacial score (nSPS) is 17.0. The summed E-state index contributed by atoms with van der Waals surface area (Å²) in [4.78, 5) is 26.3. The Bertz CT molecular complexity index is 860. The van der Waals surface area contributed by atoms with Gasteiger partial charge < -0.3 is 10.2 Å². The first-order valence-electron chi connectivity index (χ1n) is 7.37. The zero-order valence-electron chi connectivity index (χ0n) is 12.7. The van der Waals surface area contributed by atoms with E-state index in [0.717, 1.165) is 4.47 Å². The Balaban J connectivity index is 1.75. The van der Waals surface area contributed by atoms with E-state index >= 15 is 0 Å². The quantitative estimate of drug-likeness (QED) is 0.664. The van der Waals surface area contributed by atoms with Crippen molar-refractivity contribution in [1.29, 1.82) is 0 Å². The summed E-state index contributed by atoms with van der Waals surface area (Å²) < 4.78 is 0.813. The van der Waals surface area contributed by atoms with E-state index in [2.05, 4.69) is 21.2 Å². The van der Waals surface area contributed by atoms with Crippen molar-refractivity contribution >= 4 is 73.9 Å². The lowest BCUT2D eigenvalue weighted by atomic mass is 10.1.